The van der Waals surface area contributed by atoms with Gasteiger partial charge in [0.25, 0.3) is 0 Å². The molecule has 1 saturated carbocycles. The van der Waals surface area contributed by atoms with Crippen LogP contribution in [0.5, 0.6) is 0 Å². The summed E-state index contributed by atoms with van der Waals surface area (Å²) in [5, 5.41) is 11.7. The van der Waals surface area contributed by atoms with E-state index in [1.807, 2.05) is 0 Å². The summed E-state index contributed by atoms with van der Waals surface area (Å²) in [4.78, 5) is 36.1. The van der Waals surface area contributed by atoms with Crippen LogP contribution in [0, 0.1) is 17.3 Å². The zero-order chi connectivity index (χ0) is 15.5. The number of likely N-dealkylation sites (N-methyl/N-ethyl adjacent to an activating group) is 1. The first-order valence-corrected chi connectivity index (χ1v) is 6.47. The number of ether oxygens (including phenoxy) is 1. The fraction of sp³-hybridized carbons (Fsp3) is 0.769. The fourth-order valence-corrected chi connectivity index (χ4v) is 2.44. The number of nitrogens with zero attached hydrogens (tertiary/aromatic N) is 1. The molecule has 0 heterocycles. The standard InChI is InChI=1S/C13H22N2O5/c1-13(2)9(10(13)12(18)19)11(17)15(3)7-8(16)14-5-6-20-4/h9-10H,5-7H2,1-4H3,(H,14,16)(H,18,19)/t9-,10+/m1/s1. The summed E-state index contributed by atoms with van der Waals surface area (Å²) in [6, 6.07) is 0. The number of methoxy groups -OCH3 is 1. The van der Waals surface area contributed by atoms with E-state index in [4.69, 9.17) is 9.84 Å². The third kappa shape index (κ3) is 3.47. The van der Waals surface area contributed by atoms with Gasteiger partial charge in [-0.3, -0.25) is 14.4 Å². The first-order valence-electron chi connectivity index (χ1n) is 6.47. The van der Waals surface area contributed by atoms with Crippen LogP contribution in [0.15, 0.2) is 0 Å². The fourth-order valence-electron chi connectivity index (χ4n) is 2.44. The number of rotatable bonds is 7. The van der Waals surface area contributed by atoms with Crippen molar-refractivity contribution >= 4 is 17.8 Å². The maximum Gasteiger partial charge on any atom is 0.307 e. The normalized spacial score (nSPS) is 23.0. The highest BCUT2D eigenvalue weighted by Crippen LogP contribution is 2.58. The zero-order valence-corrected chi connectivity index (χ0v) is 12.3. The van der Waals surface area contributed by atoms with Gasteiger partial charge in [-0.15, -0.1) is 0 Å². The summed E-state index contributed by atoms with van der Waals surface area (Å²) < 4.78 is 4.80. The Labute approximate surface area is 118 Å². The lowest BCUT2D eigenvalue weighted by Crippen LogP contribution is -2.40. The van der Waals surface area contributed by atoms with Gasteiger partial charge in [-0.1, -0.05) is 13.8 Å². The molecule has 20 heavy (non-hydrogen) atoms. The van der Waals surface area contributed by atoms with Crippen molar-refractivity contribution in [3.8, 4) is 0 Å². The van der Waals surface area contributed by atoms with Gasteiger partial charge in [0, 0.05) is 20.7 Å². The second-order valence-electron chi connectivity index (χ2n) is 5.65. The molecule has 2 atom stereocenters. The second-order valence-corrected chi connectivity index (χ2v) is 5.65. The van der Waals surface area contributed by atoms with Crippen LogP contribution in [-0.4, -0.2) is 61.6 Å². The number of hydrogen-bond acceptors (Lipinski definition) is 4. The quantitative estimate of drug-likeness (QED) is 0.619. The van der Waals surface area contributed by atoms with Crippen LogP contribution in [-0.2, 0) is 19.1 Å². The molecular formula is C13H22N2O5. The van der Waals surface area contributed by atoms with Crippen molar-refractivity contribution < 1.29 is 24.2 Å². The lowest BCUT2D eigenvalue weighted by atomic mass is 10.1. The molecular weight excluding hydrogens is 264 g/mol. The molecule has 0 unspecified atom stereocenters. The highest BCUT2D eigenvalue weighted by Gasteiger charge is 2.66. The van der Waals surface area contributed by atoms with Crippen LogP contribution >= 0.6 is 0 Å². The molecule has 1 aliphatic carbocycles. The van der Waals surface area contributed by atoms with Crippen LogP contribution in [0.2, 0.25) is 0 Å². The van der Waals surface area contributed by atoms with E-state index < -0.39 is 23.2 Å². The van der Waals surface area contributed by atoms with Crippen molar-refractivity contribution in [2.24, 2.45) is 17.3 Å². The minimum atomic E-state index is -0.966. The van der Waals surface area contributed by atoms with Crippen LogP contribution in [0.1, 0.15) is 13.8 Å². The van der Waals surface area contributed by atoms with E-state index >= 15 is 0 Å². The molecule has 1 rings (SSSR count). The zero-order valence-electron chi connectivity index (χ0n) is 12.3. The van der Waals surface area contributed by atoms with Crippen molar-refractivity contribution in [3.63, 3.8) is 0 Å². The lowest BCUT2D eigenvalue weighted by Gasteiger charge is -2.17. The molecule has 0 bridgehead atoms. The molecule has 1 fully saturated rings. The van der Waals surface area contributed by atoms with E-state index in [0.717, 1.165) is 0 Å². The minimum absolute atomic E-state index is 0.0819. The molecule has 0 aromatic rings. The second kappa shape index (κ2) is 6.21. The van der Waals surface area contributed by atoms with Gasteiger partial charge in [0.05, 0.1) is 25.0 Å². The largest absolute Gasteiger partial charge is 0.481 e. The van der Waals surface area contributed by atoms with Gasteiger partial charge >= 0.3 is 5.97 Å². The molecule has 0 aliphatic heterocycles. The van der Waals surface area contributed by atoms with E-state index in [9.17, 15) is 14.4 Å². The monoisotopic (exact) mass is 286 g/mol. The Bertz CT molecular complexity index is 408. The average molecular weight is 286 g/mol. The van der Waals surface area contributed by atoms with Crippen LogP contribution < -0.4 is 5.32 Å². The van der Waals surface area contributed by atoms with E-state index in [1.54, 1.807) is 13.8 Å². The van der Waals surface area contributed by atoms with Gasteiger partial charge in [0.15, 0.2) is 0 Å². The number of carbonyl (C=O) groups excluding carboxylic acids is 2. The Morgan fingerprint density at radius 2 is 1.90 bits per heavy atom. The van der Waals surface area contributed by atoms with E-state index in [-0.39, 0.29) is 18.4 Å². The number of amides is 2. The Morgan fingerprint density at radius 3 is 2.35 bits per heavy atom. The summed E-state index contributed by atoms with van der Waals surface area (Å²) in [7, 11) is 3.04. The predicted molar refractivity (Wildman–Crippen MR) is 70.9 cm³/mol. The molecule has 1 aliphatic rings. The van der Waals surface area contributed by atoms with Crippen LogP contribution in [0.4, 0.5) is 0 Å². The summed E-state index contributed by atoms with van der Waals surface area (Å²) >= 11 is 0. The maximum atomic E-state index is 12.2. The van der Waals surface area contributed by atoms with Gasteiger partial charge in [-0.2, -0.15) is 0 Å². The smallest absolute Gasteiger partial charge is 0.307 e. The lowest BCUT2D eigenvalue weighted by molar-refractivity contribution is -0.142. The SMILES string of the molecule is COCCNC(=O)CN(C)C(=O)[C@H]1[C@@H](C(=O)O)C1(C)C. The first-order chi connectivity index (χ1) is 9.23. The molecule has 2 N–H and O–H groups in total. The van der Waals surface area contributed by atoms with Crippen molar-refractivity contribution in [2.75, 3.05) is 33.9 Å². The molecule has 114 valence electrons. The predicted octanol–water partition coefficient (Wildman–Crippen LogP) is -0.436. The van der Waals surface area contributed by atoms with Gasteiger partial charge < -0.3 is 20.1 Å². The van der Waals surface area contributed by atoms with Gasteiger partial charge in [0.1, 0.15) is 0 Å². The number of carbonyl (C=O) groups is 3. The first kappa shape index (κ1) is 16.4. The third-order valence-corrected chi connectivity index (χ3v) is 3.74. The summed E-state index contributed by atoms with van der Waals surface area (Å²) in [5.41, 5.74) is -0.552. The van der Waals surface area contributed by atoms with E-state index in [2.05, 4.69) is 5.32 Å². The summed E-state index contributed by atoms with van der Waals surface area (Å²) in [6.07, 6.45) is 0. The van der Waals surface area contributed by atoms with Gasteiger partial charge in [0.2, 0.25) is 11.8 Å². The number of carboxylic acid groups (broad SMARTS) is 1. The Balaban J connectivity index is 2.48. The Morgan fingerprint density at radius 1 is 1.30 bits per heavy atom. The molecule has 0 aromatic heterocycles. The van der Waals surface area contributed by atoms with E-state index in [1.165, 1.54) is 19.1 Å². The maximum absolute atomic E-state index is 12.2. The van der Waals surface area contributed by atoms with Gasteiger partial charge in [-0.05, 0) is 5.41 Å². The summed E-state index contributed by atoms with van der Waals surface area (Å²) in [6.45, 7) is 4.20. The number of aliphatic carboxylic acids is 1. The molecule has 0 radical (unpaired) electrons. The highest BCUT2D eigenvalue weighted by atomic mass is 16.5. The number of hydrogen-bond donors (Lipinski definition) is 2. The number of carboxylic acids is 1. The molecule has 7 heteroatoms. The topological polar surface area (TPSA) is 95.9 Å². The van der Waals surface area contributed by atoms with Crippen molar-refractivity contribution in [2.45, 2.75) is 13.8 Å². The van der Waals surface area contributed by atoms with Gasteiger partial charge in [-0.25, -0.2) is 0 Å². The van der Waals surface area contributed by atoms with Crippen LogP contribution in [0.3, 0.4) is 0 Å². The van der Waals surface area contributed by atoms with E-state index in [0.29, 0.717) is 13.2 Å². The molecule has 0 spiro atoms. The molecule has 7 nitrogen and oxygen atoms in total. The highest BCUT2D eigenvalue weighted by molar-refractivity contribution is 5.93. The Kier molecular flexibility index (Phi) is 5.10. The van der Waals surface area contributed by atoms with Crippen molar-refractivity contribution in [1.29, 1.82) is 0 Å². The number of nitrogens with one attached hydrogen (secondary N) is 1. The molecule has 2 amide bonds. The minimum Gasteiger partial charge on any atom is -0.481 e. The summed E-state index contributed by atoms with van der Waals surface area (Å²) in [5.74, 6) is -2.79. The average Bonchev–Trinajstić information content (AvgIpc) is 2.91. The molecule has 0 aromatic carbocycles. The third-order valence-electron chi connectivity index (χ3n) is 3.74. The van der Waals surface area contributed by atoms with Crippen molar-refractivity contribution in [3.05, 3.63) is 0 Å². The Hall–Kier alpha value is -1.63. The molecule has 0 saturated heterocycles. The van der Waals surface area contributed by atoms with Crippen LogP contribution in [0.25, 0.3) is 0 Å². The van der Waals surface area contributed by atoms with Crippen molar-refractivity contribution in [1.82, 2.24) is 10.2 Å².